The summed E-state index contributed by atoms with van der Waals surface area (Å²) in [6.45, 7) is 0.654. The van der Waals surface area contributed by atoms with Gasteiger partial charge in [-0.3, -0.25) is 4.79 Å². The molecule has 6 nitrogen and oxygen atoms in total. The van der Waals surface area contributed by atoms with Gasteiger partial charge in [-0.15, -0.1) is 0 Å². The molecule has 0 unspecified atom stereocenters. The van der Waals surface area contributed by atoms with Gasteiger partial charge in [-0.2, -0.15) is 0 Å². The molecule has 0 radical (unpaired) electrons. The number of hydrogen-bond donors (Lipinski definition) is 3. The van der Waals surface area contributed by atoms with Crippen molar-refractivity contribution in [1.82, 2.24) is 5.32 Å². The SMILES string of the molecule is O=C(NCCOc1ccc(Cl)cc1)Nc1cccc(NC(=O)c2ccccc2)c1. The molecule has 148 valence electrons. The first kappa shape index (κ1) is 20.2. The van der Waals surface area contributed by atoms with Gasteiger partial charge in [0.05, 0.1) is 6.54 Å². The van der Waals surface area contributed by atoms with Crippen LogP contribution < -0.4 is 20.7 Å². The van der Waals surface area contributed by atoms with Crippen molar-refractivity contribution in [3.8, 4) is 5.75 Å². The van der Waals surface area contributed by atoms with Crippen LogP contribution in [0.2, 0.25) is 5.02 Å². The molecule has 3 aromatic rings. The van der Waals surface area contributed by atoms with Gasteiger partial charge in [-0.05, 0) is 54.6 Å². The second kappa shape index (κ2) is 10.1. The van der Waals surface area contributed by atoms with Crippen LogP contribution in [0.15, 0.2) is 78.9 Å². The molecule has 0 aliphatic rings. The molecule has 0 bridgehead atoms. The normalized spacial score (nSPS) is 10.1. The first-order chi connectivity index (χ1) is 14.1. The van der Waals surface area contributed by atoms with Crippen molar-refractivity contribution in [1.29, 1.82) is 0 Å². The Morgan fingerprint density at radius 2 is 1.52 bits per heavy atom. The Labute approximate surface area is 173 Å². The van der Waals surface area contributed by atoms with Gasteiger partial charge in [0.25, 0.3) is 5.91 Å². The van der Waals surface area contributed by atoms with E-state index in [9.17, 15) is 9.59 Å². The van der Waals surface area contributed by atoms with Gasteiger partial charge in [0.1, 0.15) is 12.4 Å². The highest BCUT2D eigenvalue weighted by atomic mass is 35.5. The zero-order chi connectivity index (χ0) is 20.5. The van der Waals surface area contributed by atoms with Crippen LogP contribution >= 0.6 is 11.6 Å². The number of ether oxygens (including phenoxy) is 1. The van der Waals surface area contributed by atoms with E-state index in [1.807, 2.05) is 6.07 Å². The molecular formula is C22H20ClN3O3. The number of anilines is 2. The predicted molar refractivity (Wildman–Crippen MR) is 115 cm³/mol. The van der Waals surface area contributed by atoms with E-state index in [0.29, 0.717) is 40.9 Å². The molecular weight excluding hydrogens is 390 g/mol. The van der Waals surface area contributed by atoms with Gasteiger partial charge in [-0.25, -0.2) is 4.79 Å². The molecule has 3 aromatic carbocycles. The van der Waals surface area contributed by atoms with E-state index < -0.39 is 0 Å². The minimum atomic E-state index is -0.365. The molecule has 0 aromatic heterocycles. The fourth-order valence-electron chi connectivity index (χ4n) is 2.51. The Bertz CT molecular complexity index is 963. The van der Waals surface area contributed by atoms with Gasteiger partial charge in [0, 0.05) is 22.0 Å². The number of nitrogens with one attached hydrogen (secondary N) is 3. The number of benzene rings is 3. The van der Waals surface area contributed by atoms with Crippen molar-refractivity contribution < 1.29 is 14.3 Å². The molecule has 3 amide bonds. The lowest BCUT2D eigenvalue weighted by atomic mass is 10.2. The molecule has 0 saturated carbocycles. The summed E-state index contributed by atoms with van der Waals surface area (Å²) in [6.07, 6.45) is 0. The summed E-state index contributed by atoms with van der Waals surface area (Å²) in [6, 6.07) is 22.5. The van der Waals surface area contributed by atoms with Crippen molar-refractivity contribution in [3.05, 3.63) is 89.4 Å². The molecule has 0 atom stereocenters. The molecule has 3 N–H and O–H groups in total. The fourth-order valence-corrected chi connectivity index (χ4v) is 2.63. The third-order valence-corrected chi connectivity index (χ3v) is 4.14. The summed E-state index contributed by atoms with van der Waals surface area (Å²) in [7, 11) is 0. The second-order valence-corrected chi connectivity index (χ2v) is 6.52. The van der Waals surface area contributed by atoms with E-state index in [1.165, 1.54) is 0 Å². The van der Waals surface area contributed by atoms with Crippen LogP contribution in [0, 0.1) is 0 Å². The number of rotatable bonds is 7. The Morgan fingerprint density at radius 1 is 0.828 bits per heavy atom. The first-order valence-electron chi connectivity index (χ1n) is 9.00. The topological polar surface area (TPSA) is 79.5 Å². The number of carbonyl (C=O) groups is 2. The highest BCUT2D eigenvalue weighted by Crippen LogP contribution is 2.17. The van der Waals surface area contributed by atoms with Gasteiger partial charge < -0.3 is 20.7 Å². The number of carbonyl (C=O) groups excluding carboxylic acids is 2. The smallest absolute Gasteiger partial charge is 0.319 e. The molecule has 0 saturated heterocycles. The molecule has 29 heavy (non-hydrogen) atoms. The Hall–Kier alpha value is -3.51. The summed E-state index contributed by atoms with van der Waals surface area (Å²) >= 11 is 5.82. The average Bonchev–Trinajstić information content (AvgIpc) is 2.73. The first-order valence-corrected chi connectivity index (χ1v) is 9.37. The van der Waals surface area contributed by atoms with Gasteiger partial charge >= 0.3 is 6.03 Å². The zero-order valence-corrected chi connectivity index (χ0v) is 16.3. The number of halogens is 1. The maximum absolute atomic E-state index is 12.2. The lowest BCUT2D eigenvalue weighted by Crippen LogP contribution is -2.32. The van der Waals surface area contributed by atoms with Crippen molar-refractivity contribution in [2.75, 3.05) is 23.8 Å². The monoisotopic (exact) mass is 409 g/mol. The maximum atomic E-state index is 12.2. The van der Waals surface area contributed by atoms with Crippen molar-refractivity contribution in [3.63, 3.8) is 0 Å². The average molecular weight is 410 g/mol. The third kappa shape index (κ3) is 6.55. The summed E-state index contributed by atoms with van der Waals surface area (Å²) < 4.78 is 5.52. The molecule has 0 aliphatic heterocycles. The molecule has 3 rings (SSSR count). The molecule has 0 fully saturated rings. The summed E-state index contributed by atoms with van der Waals surface area (Å²) in [4.78, 5) is 24.3. The van der Waals surface area contributed by atoms with Gasteiger partial charge in [0.2, 0.25) is 0 Å². The summed E-state index contributed by atoms with van der Waals surface area (Å²) in [5.74, 6) is 0.463. The van der Waals surface area contributed by atoms with Crippen LogP contribution in [0.5, 0.6) is 5.75 Å². The molecule has 0 heterocycles. The van der Waals surface area contributed by atoms with Crippen molar-refractivity contribution >= 4 is 34.9 Å². The largest absolute Gasteiger partial charge is 0.492 e. The van der Waals surface area contributed by atoms with Crippen LogP contribution in [-0.4, -0.2) is 25.1 Å². The van der Waals surface area contributed by atoms with Crippen LogP contribution in [0.3, 0.4) is 0 Å². The third-order valence-electron chi connectivity index (χ3n) is 3.88. The molecule has 0 aliphatic carbocycles. The van der Waals surface area contributed by atoms with Crippen LogP contribution in [0.1, 0.15) is 10.4 Å². The predicted octanol–water partition coefficient (Wildman–Crippen LogP) is 4.79. The number of amides is 3. The highest BCUT2D eigenvalue weighted by molar-refractivity contribution is 6.30. The number of hydrogen-bond acceptors (Lipinski definition) is 3. The minimum absolute atomic E-state index is 0.216. The standard InChI is InChI=1S/C22H20ClN3O3/c23-17-9-11-20(12-10-17)29-14-13-24-22(28)26-19-8-4-7-18(15-19)25-21(27)16-5-2-1-3-6-16/h1-12,15H,13-14H2,(H,25,27)(H2,24,26,28). The van der Waals surface area contributed by atoms with Crippen LogP contribution in [-0.2, 0) is 0 Å². The summed E-state index contributed by atoms with van der Waals surface area (Å²) in [5, 5.41) is 8.88. The highest BCUT2D eigenvalue weighted by Gasteiger charge is 2.07. The zero-order valence-electron chi connectivity index (χ0n) is 15.5. The lowest BCUT2D eigenvalue weighted by Gasteiger charge is -2.11. The lowest BCUT2D eigenvalue weighted by molar-refractivity contribution is 0.102. The number of urea groups is 1. The van der Waals surface area contributed by atoms with E-state index >= 15 is 0 Å². The molecule has 0 spiro atoms. The van der Waals surface area contributed by atoms with E-state index in [0.717, 1.165) is 0 Å². The van der Waals surface area contributed by atoms with Crippen LogP contribution in [0.4, 0.5) is 16.2 Å². The van der Waals surface area contributed by atoms with Crippen molar-refractivity contribution in [2.45, 2.75) is 0 Å². The Kier molecular flexibility index (Phi) is 7.08. The van der Waals surface area contributed by atoms with E-state index in [-0.39, 0.29) is 11.9 Å². The second-order valence-electron chi connectivity index (χ2n) is 6.08. The Morgan fingerprint density at radius 3 is 2.24 bits per heavy atom. The van der Waals surface area contributed by atoms with Crippen LogP contribution in [0.25, 0.3) is 0 Å². The fraction of sp³-hybridized carbons (Fsp3) is 0.0909. The minimum Gasteiger partial charge on any atom is -0.492 e. The Balaban J connectivity index is 1.45. The maximum Gasteiger partial charge on any atom is 0.319 e. The van der Waals surface area contributed by atoms with E-state index in [2.05, 4.69) is 16.0 Å². The van der Waals surface area contributed by atoms with E-state index in [4.69, 9.17) is 16.3 Å². The quantitative estimate of drug-likeness (QED) is 0.491. The summed E-state index contributed by atoms with van der Waals surface area (Å²) in [5.41, 5.74) is 1.71. The van der Waals surface area contributed by atoms with Crippen molar-refractivity contribution in [2.24, 2.45) is 0 Å². The van der Waals surface area contributed by atoms with E-state index in [1.54, 1.807) is 72.8 Å². The van der Waals surface area contributed by atoms with Gasteiger partial charge in [-0.1, -0.05) is 35.9 Å². The van der Waals surface area contributed by atoms with Gasteiger partial charge in [0.15, 0.2) is 0 Å². The molecule has 7 heteroatoms.